The SMILES string of the molecule is CCC(NC(=O)c1ccc(N(CC)S(C)(=O)=O)cc1)c1ccc(C)c(C)c1. The molecule has 5 nitrogen and oxygen atoms in total. The molecule has 0 aliphatic carbocycles. The molecule has 0 aliphatic rings. The van der Waals surface area contributed by atoms with Crippen LogP contribution in [0.4, 0.5) is 5.69 Å². The Balaban J connectivity index is 2.18. The van der Waals surface area contributed by atoms with Crippen molar-refractivity contribution in [3.63, 3.8) is 0 Å². The smallest absolute Gasteiger partial charge is 0.251 e. The monoisotopic (exact) mass is 388 g/mol. The van der Waals surface area contributed by atoms with Crippen LogP contribution in [0.2, 0.25) is 0 Å². The number of benzene rings is 2. The Kier molecular flexibility index (Phi) is 6.65. The van der Waals surface area contributed by atoms with E-state index in [1.54, 1.807) is 31.2 Å². The fourth-order valence-electron chi connectivity index (χ4n) is 3.03. The molecule has 0 aliphatic heterocycles. The molecule has 0 aromatic heterocycles. The van der Waals surface area contributed by atoms with Crippen molar-refractivity contribution in [2.75, 3.05) is 17.1 Å². The fraction of sp³-hybridized carbons (Fsp3) is 0.381. The maximum absolute atomic E-state index is 12.6. The Morgan fingerprint density at radius 1 is 1.04 bits per heavy atom. The van der Waals surface area contributed by atoms with Gasteiger partial charge in [-0.15, -0.1) is 0 Å². The standard InChI is InChI=1S/C21H28N2O3S/c1-6-20(18-9-8-15(3)16(4)14-18)22-21(24)17-10-12-19(13-11-17)23(7-2)27(5,25)26/h8-14,20H,6-7H2,1-5H3,(H,22,24). The van der Waals surface area contributed by atoms with Crippen LogP contribution in [0, 0.1) is 13.8 Å². The largest absolute Gasteiger partial charge is 0.345 e. The van der Waals surface area contributed by atoms with Crippen molar-refractivity contribution in [1.29, 1.82) is 0 Å². The van der Waals surface area contributed by atoms with E-state index in [1.165, 1.54) is 21.7 Å². The van der Waals surface area contributed by atoms with Gasteiger partial charge in [0.05, 0.1) is 18.0 Å². The van der Waals surface area contributed by atoms with Gasteiger partial charge in [-0.25, -0.2) is 8.42 Å². The lowest BCUT2D eigenvalue weighted by molar-refractivity contribution is 0.0935. The minimum atomic E-state index is -3.33. The van der Waals surface area contributed by atoms with E-state index in [2.05, 4.69) is 31.3 Å². The molecule has 1 atom stereocenters. The zero-order valence-electron chi connectivity index (χ0n) is 16.6. The van der Waals surface area contributed by atoms with E-state index < -0.39 is 10.0 Å². The van der Waals surface area contributed by atoms with Crippen LogP contribution in [-0.4, -0.2) is 27.1 Å². The van der Waals surface area contributed by atoms with E-state index in [0.717, 1.165) is 12.0 Å². The van der Waals surface area contributed by atoms with Crippen LogP contribution in [0.5, 0.6) is 0 Å². The summed E-state index contributed by atoms with van der Waals surface area (Å²) in [5.41, 5.74) is 4.56. The number of anilines is 1. The van der Waals surface area contributed by atoms with Crippen molar-refractivity contribution >= 4 is 21.6 Å². The molecule has 1 amide bonds. The van der Waals surface area contributed by atoms with Gasteiger partial charge < -0.3 is 5.32 Å². The van der Waals surface area contributed by atoms with Gasteiger partial charge in [0.1, 0.15) is 0 Å². The third-order valence-electron chi connectivity index (χ3n) is 4.75. The van der Waals surface area contributed by atoms with Gasteiger partial charge in [-0.3, -0.25) is 9.10 Å². The Morgan fingerprint density at radius 3 is 2.15 bits per heavy atom. The first-order chi connectivity index (χ1) is 12.7. The number of rotatable bonds is 7. The summed E-state index contributed by atoms with van der Waals surface area (Å²) in [6.07, 6.45) is 1.95. The van der Waals surface area contributed by atoms with Crippen LogP contribution in [0.1, 0.15) is 53.4 Å². The van der Waals surface area contributed by atoms with E-state index >= 15 is 0 Å². The summed E-state index contributed by atoms with van der Waals surface area (Å²) in [7, 11) is -3.33. The summed E-state index contributed by atoms with van der Waals surface area (Å²) in [4.78, 5) is 12.6. The summed E-state index contributed by atoms with van der Waals surface area (Å²) in [5.74, 6) is -0.172. The van der Waals surface area contributed by atoms with E-state index in [9.17, 15) is 13.2 Å². The highest BCUT2D eigenvalue weighted by Gasteiger charge is 2.17. The Bertz CT molecular complexity index is 906. The molecule has 0 saturated heterocycles. The maximum atomic E-state index is 12.6. The van der Waals surface area contributed by atoms with Gasteiger partial charge in [-0.2, -0.15) is 0 Å². The second-order valence-corrected chi connectivity index (χ2v) is 8.66. The molecule has 27 heavy (non-hydrogen) atoms. The van der Waals surface area contributed by atoms with Crippen LogP contribution in [0.25, 0.3) is 0 Å². The molecular weight excluding hydrogens is 360 g/mol. The third-order valence-corrected chi connectivity index (χ3v) is 6.02. The fourth-order valence-corrected chi connectivity index (χ4v) is 4.01. The molecule has 1 unspecified atom stereocenters. The molecule has 0 heterocycles. The predicted molar refractivity (Wildman–Crippen MR) is 111 cm³/mol. The van der Waals surface area contributed by atoms with Crippen LogP contribution in [0.3, 0.4) is 0 Å². The number of hydrogen-bond donors (Lipinski definition) is 1. The van der Waals surface area contributed by atoms with E-state index in [4.69, 9.17) is 0 Å². The number of carbonyl (C=O) groups is 1. The first-order valence-corrected chi connectivity index (χ1v) is 11.0. The molecule has 0 saturated carbocycles. The number of nitrogens with one attached hydrogen (secondary N) is 1. The van der Waals surface area contributed by atoms with Crippen molar-refractivity contribution < 1.29 is 13.2 Å². The highest BCUT2D eigenvalue weighted by molar-refractivity contribution is 7.92. The molecule has 0 radical (unpaired) electrons. The zero-order chi connectivity index (χ0) is 20.2. The highest BCUT2D eigenvalue weighted by atomic mass is 32.2. The Morgan fingerprint density at radius 2 is 1.67 bits per heavy atom. The van der Waals surface area contributed by atoms with Gasteiger partial charge >= 0.3 is 0 Å². The van der Waals surface area contributed by atoms with Gasteiger partial charge in [-0.05, 0) is 68.1 Å². The molecule has 1 N–H and O–H groups in total. The minimum absolute atomic E-state index is 0.0698. The Hall–Kier alpha value is -2.34. The second kappa shape index (κ2) is 8.57. The Labute approximate surface area is 162 Å². The first-order valence-electron chi connectivity index (χ1n) is 9.13. The van der Waals surface area contributed by atoms with E-state index in [0.29, 0.717) is 17.8 Å². The normalized spacial score (nSPS) is 12.5. The molecule has 2 aromatic rings. The average Bonchev–Trinajstić information content (AvgIpc) is 2.62. The number of hydrogen-bond acceptors (Lipinski definition) is 3. The molecule has 2 rings (SSSR count). The highest BCUT2D eigenvalue weighted by Crippen LogP contribution is 2.22. The van der Waals surface area contributed by atoms with Gasteiger partial charge in [0.25, 0.3) is 5.91 Å². The number of nitrogens with zero attached hydrogens (tertiary/aromatic N) is 1. The van der Waals surface area contributed by atoms with Gasteiger partial charge in [-0.1, -0.05) is 25.1 Å². The maximum Gasteiger partial charge on any atom is 0.251 e. The van der Waals surface area contributed by atoms with E-state index in [-0.39, 0.29) is 11.9 Å². The zero-order valence-corrected chi connectivity index (χ0v) is 17.4. The molecule has 0 bridgehead atoms. The van der Waals surface area contributed by atoms with Gasteiger partial charge in [0.15, 0.2) is 0 Å². The number of amides is 1. The lowest BCUT2D eigenvalue weighted by Gasteiger charge is -2.21. The number of sulfonamides is 1. The van der Waals surface area contributed by atoms with Crippen LogP contribution in [-0.2, 0) is 10.0 Å². The predicted octanol–water partition coefficient (Wildman–Crippen LogP) is 3.97. The molecule has 0 spiro atoms. The summed E-state index contributed by atoms with van der Waals surface area (Å²) in [5, 5.41) is 3.07. The second-order valence-electron chi connectivity index (χ2n) is 6.75. The summed E-state index contributed by atoms with van der Waals surface area (Å²) >= 11 is 0. The molecule has 146 valence electrons. The first kappa shape index (κ1) is 21.0. The molecule has 0 fully saturated rings. The van der Waals surface area contributed by atoms with Crippen molar-refractivity contribution in [2.24, 2.45) is 0 Å². The average molecular weight is 389 g/mol. The van der Waals surface area contributed by atoms with Crippen LogP contribution >= 0.6 is 0 Å². The van der Waals surface area contributed by atoms with Gasteiger partial charge in [0, 0.05) is 12.1 Å². The van der Waals surface area contributed by atoms with Crippen molar-refractivity contribution in [3.05, 3.63) is 64.7 Å². The minimum Gasteiger partial charge on any atom is -0.345 e. The summed E-state index contributed by atoms with van der Waals surface area (Å²) in [6, 6.07) is 12.8. The number of aryl methyl sites for hydroxylation is 2. The summed E-state index contributed by atoms with van der Waals surface area (Å²) in [6.45, 7) is 8.28. The lowest BCUT2D eigenvalue weighted by Crippen LogP contribution is -2.30. The summed E-state index contributed by atoms with van der Waals surface area (Å²) < 4.78 is 24.9. The van der Waals surface area contributed by atoms with Crippen molar-refractivity contribution in [1.82, 2.24) is 5.32 Å². The molecular formula is C21H28N2O3S. The van der Waals surface area contributed by atoms with Gasteiger partial charge in [0.2, 0.25) is 10.0 Å². The molecule has 6 heteroatoms. The third kappa shape index (κ3) is 5.10. The molecule has 2 aromatic carbocycles. The number of carbonyl (C=O) groups excluding carboxylic acids is 1. The van der Waals surface area contributed by atoms with E-state index in [1.807, 2.05) is 13.0 Å². The van der Waals surface area contributed by atoms with Crippen LogP contribution < -0.4 is 9.62 Å². The quantitative estimate of drug-likeness (QED) is 0.780. The topological polar surface area (TPSA) is 66.5 Å². The lowest BCUT2D eigenvalue weighted by atomic mass is 9.99. The van der Waals surface area contributed by atoms with Crippen LogP contribution in [0.15, 0.2) is 42.5 Å². The van der Waals surface area contributed by atoms with Crippen molar-refractivity contribution in [2.45, 2.75) is 40.2 Å². The van der Waals surface area contributed by atoms with Crippen molar-refractivity contribution in [3.8, 4) is 0 Å².